The second-order valence-corrected chi connectivity index (χ2v) is 6.21. The molecule has 0 aliphatic heterocycles. The first-order chi connectivity index (χ1) is 10.7. The first kappa shape index (κ1) is 14.9. The third kappa shape index (κ3) is 3.79. The molecule has 1 unspecified atom stereocenters. The lowest BCUT2D eigenvalue weighted by Crippen LogP contribution is -2.11. The Kier molecular flexibility index (Phi) is 4.62. The molecule has 22 heavy (non-hydrogen) atoms. The highest BCUT2D eigenvalue weighted by molar-refractivity contribution is 5.49. The summed E-state index contributed by atoms with van der Waals surface area (Å²) < 4.78 is 6.07. The van der Waals surface area contributed by atoms with Gasteiger partial charge in [-0.2, -0.15) is 0 Å². The lowest BCUT2D eigenvalue weighted by molar-refractivity contribution is 0.210. The average Bonchev–Trinajstić information content (AvgIpc) is 3.00. The maximum Gasteiger partial charge on any atom is 0.121 e. The van der Waals surface area contributed by atoms with Gasteiger partial charge < -0.3 is 10.1 Å². The highest BCUT2D eigenvalue weighted by Gasteiger charge is 2.16. The van der Waals surface area contributed by atoms with Gasteiger partial charge in [0.25, 0.3) is 0 Å². The summed E-state index contributed by atoms with van der Waals surface area (Å²) in [5.74, 6) is 0.964. The van der Waals surface area contributed by atoms with E-state index in [2.05, 4.69) is 42.3 Å². The van der Waals surface area contributed by atoms with Crippen LogP contribution in [0.3, 0.4) is 0 Å². The molecule has 3 heteroatoms. The minimum absolute atomic E-state index is 0.217. The van der Waals surface area contributed by atoms with Crippen LogP contribution in [0.1, 0.15) is 49.8 Å². The minimum Gasteiger partial charge on any atom is -0.490 e. The highest BCUT2D eigenvalue weighted by Crippen LogP contribution is 2.27. The van der Waals surface area contributed by atoms with Crippen molar-refractivity contribution in [3.05, 3.63) is 53.9 Å². The summed E-state index contributed by atoms with van der Waals surface area (Å²) in [6, 6.07) is 10.7. The van der Waals surface area contributed by atoms with Crippen molar-refractivity contribution in [3.63, 3.8) is 0 Å². The Labute approximate surface area is 132 Å². The van der Waals surface area contributed by atoms with Gasteiger partial charge in [0.1, 0.15) is 5.75 Å². The molecule has 116 valence electrons. The predicted octanol–water partition coefficient (Wildman–Crippen LogP) is 4.88. The van der Waals surface area contributed by atoms with Crippen LogP contribution in [0.5, 0.6) is 5.75 Å². The molecule has 1 aromatic heterocycles. The monoisotopic (exact) mass is 296 g/mol. The molecule has 1 heterocycles. The van der Waals surface area contributed by atoms with E-state index < -0.39 is 0 Å². The number of aromatic nitrogens is 1. The second kappa shape index (κ2) is 6.82. The Hall–Kier alpha value is -2.03. The number of nitrogens with zero attached hydrogens (tertiary/aromatic N) is 1. The van der Waals surface area contributed by atoms with Crippen LogP contribution in [-0.4, -0.2) is 11.1 Å². The summed E-state index contributed by atoms with van der Waals surface area (Å²) in [5.41, 5.74) is 3.47. The molecular weight excluding hydrogens is 272 g/mol. The number of pyridine rings is 1. The molecule has 2 aromatic rings. The van der Waals surface area contributed by atoms with Crippen LogP contribution in [0.25, 0.3) is 0 Å². The zero-order valence-electron chi connectivity index (χ0n) is 13.4. The van der Waals surface area contributed by atoms with Crippen molar-refractivity contribution in [3.8, 4) is 5.75 Å². The first-order valence-corrected chi connectivity index (χ1v) is 8.15. The molecule has 3 rings (SSSR count). The van der Waals surface area contributed by atoms with Gasteiger partial charge in [-0.1, -0.05) is 12.1 Å². The van der Waals surface area contributed by atoms with E-state index >= 15 is 0 Å². The summed E-state index contributed by atoms with van der Waals surface area (Å²) in [7, 11) is 0. The maximum absolute atomic E-state index is 6.07. The van der Waals surface area contributed by atoms with Crippen molar-refractivity contribution in [1.82, 2.24) is 4.98 Å². The third-order valence-electron chi connectivity index (χ3n) is 4.22. The topological polar surface area (TPSA) is 34.2 Å². The third-order valence-corrected chi connectivity index (χ3v) is 4.22. The predicted molar refractivity (Wildman–Crippen MR) is 90.3 cm³/mol. The number of hydrogen-bond donors (Lipinski definition) is 1. The van der Waals surface area contributed by atoms with Crippen LogP contribution in [0.2, 0.25) is 0 Å². The quantitative estimate of drug-likeness (QED) is 0.853. The van der Waals surface area contributed by atoms with Crippen LogP contribution in [0.4, 0.5) is 5.69 Å². The van der Waals surface area contributed by atoms with E-state index in [4.69, 9.17) is 4.74 Å². The van der Waals surface area contributed by atoms with Crippen molar-refractivity contribution < 1.29 is 4.74 Å². The minimum atomic E-state index is 0.217. The van der Waals surface area contributed by atoms with Crippen molar-refractivity contribution in [2.75, 3.05) is 5.32 Å². The van der Waals surface area contributed by atoms with E-state index in [1.54, 1.807) is 0 Å². The SMILES string of the molecule is Cc1cncc(C(C)Nc2cccc(OC3CCCC3)c2)c1. The van der Waals surface area contributed by atoms with Crippen molar-refractivity contribution >= 4 is 5.69 Å². The van der Waals surface area contributed by atoms with E-state index in [-0.39, 0.29) is 6.04 Å². The summed E-state index contributed by atoms with van der Waals surface area (Å²) in [6.45, 7) is 4.22. The summed E-state index contributed by atoms with van der Waals surface area (Å²) in [5, 5.41) is 3.53. The van der Waals surface area contributed by atoms with Gasteiger partial charge in [0.15, 0.2) is 0 Å². The normalized spacial score (nSPS) is 16.5. The molecule has 0 saturated heterocycles. The molecule has 1 atom stereocenters. The van der Waals surface area contributed by atoms with Crippen LogP contribution in [0, 0.1) is 6.92 Å². The van der Waals surface area contributed by atoms with E-state index in [0.29, 0.717) is 6.10 Å². The van der Waals surface area contributed by atoms with Gasteiger partial charge in [0.05, 0.1) is 12.1 Å². The largest absolute Gasteiger partial charge is 0.490 e. The Morgan fingerprint density at radius 1 is 1.18 bits per heavy atom. The highest BCUT2D eigenvalue weighted by atomic mass is 16.5. The van der Waals surface area contributed by atoms with E-state index in [9.17, 15) is 0 Å². The zero-order chi connectivity index (χ0) is 15.4. The van der Waals surface area contributed by atoms with Crippen LogP contribution >= 0.6 is 0 Å². The maximum atomic E-state index is 6.07. The van der Waals surface area contributed by atoms with Gasteiger partial charge in [0.2, 0.25) is 0 Å². The average molecular weight is 296 g/mol. The fourth-order valence-electron chi connectivity index (χ4n) is 3.01. The first-order valence-electron chi connectivity index (χ1n) is 8.15. The zero-order valence-corrected chi connectivity index (χ0v) is 13.4. The molecule has 1 fully saturated rings. The van der Waals surface area contributed by atoms with Crippen molar-refractivity contribution in [2.24, 2.45) is 0 Å². The van der Waals surface area contributed by atoms with Gasteiger partial charge in [-0.3, -0.25) is 4.98 Å². The molecule has 0 spiro atoms. The lowest BCUT2D eigenvalue weighted by Gasteiger charge is -2.18. The molecule has 0 amide bonds. The van der Waals surface area contributed by atoms with Crippen LogP contribution in [0.15, 0.2) is 42.7 Å². The Balaban J connectivity index is 1.66. The number of aryl methyl sites for hydroxylation is 1. The van der Waals surface area contributed by atoms with Crippen LogP contribution in [-0.2, 0) is 0 Å². The number of nitrogens with one attached hydrogen (secondary N) is 1. The summed E-state index contributed by atoms with van der Waals surface area (Å²) in [4.78, 5) is 4.27. The van der Waals surface area contributed by atoms with E-state index in [1.165, 1.54) is 36.8 Å². The fraction of sp³-hybridized carbons (Fsp3) is 0.421. The smallest absolute Gasteiger partial charge is 0.121 e. The number of benzene rings is 1. The summed E-state index contributed by atoms with van der Waals surface area (Å²) in [6.07, 6.45) is 9.15. The van der Waals surface area contributed by atoms with Gasteiger partial charge >= 0.3 is 0 Å². The molecule has 1 aliphatic rings. The number of hydrogen-bond acceptors (Lipinski definition) is 3. The van der Waals surface area contributed by atoms with E-state index in [0.717, 1.165) is 11.4 Å². The standard InChI is InChI=1S/C19H24N2O/c1-14-10-16(13-20-12-14)15(2)21-17-6-5-9-19(11-17)22-18-7-3-4-8-18/h5-6,9-13,15,18,21H,3-4,7-8H2,1-2H3. The fourth-order valence-corrected chi connectivity index (χ4v) is 3.01. The van der Waals surface area contributed by atoms with Crippen molar-refractivity contribution in [2.45, 2.75) is 51.7 Å². The second-order valence-electron chi connectivity index (χ2n) is 6.21. The summed E-state index contributed by atoms with van der Waals surface area (Å²) >= 11 is 0. The van der Waals surface area contributed by atoms with Crippen LogP contribution < -0.4 is 10.1 Å². The van der Waals surface area contributed by atoms with Gasteiger partial charge in [-0.25, -0.2) is 0 Å². The van der Waals surface area contributed by atoms with Gasteiger partial charge in [0, 0.05) is 24.1 Å². The molecule has 1 saturated carbocycles. The number of ether oxygens (including phenoxy) is 1. The molecular formula is C19H24N2O. The van der Waals surface area contributed by atoms with Crippen molar-refractivity contribution in [1.29, 1.82) is 0 Å². The number of rotatable bonds is 5. The molecule has 1 aromatic carbocycles. The van der Waals surface area contributed by atoms with Gasteiger partial charge in [-0.05, 0) is 62.8 Å². The Morgan fingerprint density at radius 2 is 2.00 bits per heavy atom. The molecule has 1 N–H and O–H groups in total. The Morgan fingerprint density at radius 3 is 2.77 bits per heavy atom. The Bertz CT molecular complexity index is 620. The molecule has 0 radical (unpaired) electrons. The number of anilines is 1. The molecule has 0 bridgehead atoms. The lowest BCUT2D eigenvalue weighted by atomic mass is 10.1. The van der Waals surface area contributed by atoms with Gasteiger partial charge in [-0.15, -0.1) is 0 Å². The van der Waals surface area contributed by atoms with E-state index in [1.807, 2.05) is 24.5 Å². The molecule has 3 nitrogen and oxygen atoms in total. The molecule has 1 aliphatic carbocycles.